The Hall–Kier alpha value is -2.22. The van der Waals surface area contributed by atoms with Gasteiger partial charge >= 0.3 is 5.69 Å². The van der Waals surface area contributed by atoms with Gasteiger partial charge in [-0.25, -0.2) is 9.67 Å². The van der Waals surface area contributed by atoms with Crippen LogP contribution in [0.1, 0.15) is 5.69 Å². The summed E-state index contributed by atoms with van der Waals surface area (Å²) in [6, 6.07) is 0. The maximum Gasteiger partial charge on any atom is 0.332 e. The summed E-state index contributed by atoms with van der Waals surface area (Å²) in [6.07, 6.45) is 2.59. The van der Waals surface area contributed by atoms with E-state index in [9.17, 15) is 10.1 Å². The van der Waals surface area contributed by atoms with Gasteiger partial charge in [0.2, 0.25) is 11.8 Å². The van der Waals surface area contributed by atoms with E-state index in [1.54, 1.807) is 14.0 Å². The van der Waals surface area contributed by atoms with Crippen LogP contribution in [0.2, 0.25) is 5.02 Å². The first kappa shape index (κ1) is 12.2. The molecule has 0 amide bonds. The topological polar surface area (TPSA) is 98.8 Å². The van der Waals surface area contributed by atoms with Crippen LogP contribution >= 0.6 is 11.6 Å². The van der Waals surface area contributed by atoms with Crippen LogP contribution in [-0.4, -0.2) is 31.7 Å². The quantitative estimate of drug-likeness (QED) is 0.670. The Kier molecular flexibility index (Phi) is 3.11. The Morgan fingerprint density at radius 1 is 1.56 bits per heavy atom. The molecule has 1 N–H and O–H groups in total. The minimum Gasteiger partial charge on any atom is -0.357 e. The van der Waals surface area contributed by atoms with E-state index in [0.29, 0.717) is 10.7 Å². The first-order valence-electron chi connectivity index (χ1n) is 4.94. The highest BCUT2D eigenvalue weighted by Gasteiger charge is 2.20. The van der Waals surface area contributed by atoms with Crippen LogP contribution in [0.25, 0.3) is 5.82 Å². The van der Waals surface area contributed by atoms with Crippen molar-refractivity contribution in [1.82, 2.24) is 19.7 Å². The normalized spacial score (nSPS) is 10.4. The van der Waals surface area contributed by atoms with E-state index in [1.807, 2.05) is 0 Å². The molecule has 9 heteroatoms. The third kappa shape index (κ3) is 2.09. The number of aromatic nitrogens is 4. The molecule has 0 unspecified atom stereocenters. The van der Waals surface area contributed by atoms with Gasteiger partial charge in [0.1, 0.15) is 6.20 Å². The van der Waals surface area contributed by atoms with Gasteiger partial charge in [-0.2, -0.15) is 10.1 Å². The van der Waals surface area contributed by atoms with Crippen molar-refractivity contribution < 1.29 is 4.92 Å². The molecule has 0 aliphatic heterocycles. The van der Waals surface area contributed by atoms with Crippen molar-refractivity contribution >= 4 is 23.2 Å². The molecule has 0 aliphatic carbocycles. The SMILES string of the molecule is CNc1ncc([N+](=O)[O-])c(-n2cc(Cl)c(C)n2)n1. The average Bonchev–Trinajstić information content (AvgIpc) is 2.68. The summed E-state index contributed by atoms with van der Waals surface area (Å²) in [5.41, 5.74) is 0.323. The lowest BCUT2D eigenvalue weighted by Gasteiger charge is -2.03. The lowest BCUT2D eigenvalue weighted by atomic mass is 10.5. The summed E-state index contributed by atoms with van der Waals surface area (Å²) >= 11 is 5.87. The van der Waals surface area contributed by atoms with E-state index in [0.717, 1.165) is 6.20 Å². The molecule has 2 aromatic heterocycles. The van der Waals surface area contributed by atoms with Gasteiger partial charge in [0.15, 0.2) is 0 Å². The molecule has 0 saturated carbocycles. The van der Waals surface area contributed by atoms with Gasteiger partial charge in [0.05, 0.1) is 21.8 Å². The van der Waals surface area contributed by atoms with E-state index in [4.69, 9.17) is 11.6 Å². The summed E-state index contributed by atoms with van der Waals surface area (Å²) in [5, 5.41) is 18.1. The highest BCUT2D eigenvalue weighted by molar-refractivity contribution is 6.31. The fourth-order valence-corrected chi connectivity index (χ4v) is 1.46. The van der Waals surface area contributed by atoms with Crippen molar-refractivity contribution in [2.75, 3.05) is 12.4 Å². The number of anilines is 1. The summed E-state index contributed by atoms with van der Waals surface area (Å²) in [4.78, 5) is 18.2. The number of nitrogens with zero attached hydrogens (tertiary/aromatic N) is 5. The highest BCUT2D eigenvalue weighted by Crippen LogP contribution is 2.23. The van der Waals surface area contributed by atoms with Crippen LogP contribution in [0.5, 0.6) is 0 Å². The summed E-state index contributed by atoms with van der Waals surface area (Å²) in [6.45, 7) is 1.70. The maximum atomic E-state index is 10.9. The van der Waals surface area contributed by atoms with Gasteiger partial charge in [-0.3, -0.25) is 10.1 Å². The van der Waals surface area contributed by atoms with E-state index < -0.39 is 4.92 Å². The van der Waals surface area contributed by atoms with Crippen molar-refractivity contribution in [2.24, 2.45) is 0 Å². The molecule has 0 bridgehead atoms. The predicted molar refractivity (Wildman–Crippen MR) is 65.1 cm³/mol. The number of rotatable bonds is 3. The molecule has 94 valence electrons. The number of hydrogen-bond acceptors (Lipinski definition) is 6. The zero-order valence-electron chi connectivity index (χ0n) is 9.59. The Morgan fingerprint density at radius 3 is 2.78 bits per heavy atom. The van der Waals surface area contributed by atoms with E-state index in [1.165, 1.54) is 10.9 Å². The average molecular weight is 269 g/mol. The van der Waals surface area contributed by atoms with E-state index in [-0.39, 0.29) is 17.5 Å². The molecule has 2 heterocycles. The van der Waals surface area contributed by atoms with Crippen LogP contribution in [0.3, 0.4) is 0 Å². The van der Waals surface area contributed by atoms with Crippen LogP contribution in [0.4, 0.5) is 11.6 Å². The molecule has 0 aliphatic rings. The molecule has 2 rings (SSSR count). The molecular formula is C9H9ClN6O2. The van der Waals surface area contributed by atoms with E-state index >= 15 is 0 Å². The molecular weight excluding hydrogens is 260 g/mol. The summed E-state index contributed by atoms with van der Waals surface area (Å²) < 4.78 is 1.26. The fourth-order valence-electron chi connectivity index (χ4n) is 1.33. The predicted octanol–water partition coefficient (Wildman–Crippen LogP) is 1.57. The van der Waals surface area contributed by atoms with Gasteiger partial charge in [-0.15, -0.1) is 0 Å². The zero-order chi connectivity index (χ0) is 13.3. The van der Waals surface area contributed by atoms with Crippen LogP contribution in [0, 0.1) is 17.0 Å². The van der Waals surface area contributed by atoms with Gasteiger partial charge in [-0.05, 0) is 6.92 Å². The van der Waals surface area contributed by atoms with Crippen molar-refractivity contribution in [1.29, 1.82) is 0 Å². The summed E-state index contributed by atoms with van der Waals surface area (Å²) in [5.74, 6) is 0.328. The van der Waals surface area contributed by atoms with Crippen molar-refractivity contribution in [3.8, 4) is 5.82 Å². The largest absolute Gasteiger partial charge is 0.357 e. The number of nitro groups is 1. The fraction of sp³-hybridized carbons (Fsp3) is 0.222. The minimum atomic E-state index is -0.570. The van der Waals surface area contributed by atoms with E-state index in [2.05, 4.69) is 20.4 Å². The Bertz CT molecular complexity index is 592. The molecule has 2 aromatic rings. The second kappa shape index (κ2) is 4.57. The molecule has 18 heavy (non-hydrogen) atoms. The standard InChI is InChI=1S/C9H9ClN6O2/c1-5-6(10)4-15(14-5)8-7(16(17)18)3-12-9(11-2)13-8/h3-4H,1-2H3,(H,11,12,13). The number of nitrogens with one attached hydrogen (secondary N) is 1. The Balaban J connectivity index is 2.63. The van der Waals surface area contributed by atoms with Crippen LogP contribution in [0.15, 0.2) is 12.4 Å². The zero-order valence-corrected chi connectivity index (χ0v) is 10.3. The lowest BCUT2D eigenvalue weighted by Crippen LogP contribution is -2.07. The molecule has 0 spiro atoms. The number of halogens is 1. The molecule has 8 nitrogen and oxygen atoms in total. The maximum absolute atomic E-state index is 10.9. The second-order valence-electron chi connectivity index (χ2n) is 3.42. The van der Waals surface area contributed by atoms with Gasteiger partial charge in [0, 0.05) is 7.05 Å². The smallest absolute Gasteiger partial charge is 0.332 e. The van der Waals surface area contributed by atoms with Crippen molar-refractivity contribution in [3.63, 3.8) is 0 Å². The first-order valence-corrected chi connectivity index (χ1v) is 5.32. The van der Waals surface area contributed by atoms with Gasteiger partial charge in [-0.1, -0.05) is 11.6 Å². The Morgan fingerprint density at radius 2 is 2.28 bits per heavy atom. The molecule has 0 aromatic carbocycles. The monoisotopic (exact) mass is 268 g/mol. The minimum absolute atomic E-state index is 0.0642. The second-order valence-corrected chi connectivity index (χ2v) is 3.82. The third-order valence-electron chi connectivity index (χ3n) is 2.23. The Labute approximate surface area is 107 Å². The van der Waals surface area contributed by atoms with Gasteiger partial charge in [0.25, 0.3) is 0 Å². The first-order chi connectivity index (χ1) is 8.52. The molecule has 0 atom stereocenters. The highest BCUT2D eigenvalue weighted by atomic mass is 35.5. The van der Waals surface area contributed by atoms with Crippen molar-refractivity contribution in [3.05, 3.63) is 33.2 Å². The van der Waals surface area contributed by atoms with Crippen LogP contribution < -0.4 is 5.32 Å². The molecule has 0 fully saturated rings. The third-order valence-corrected chi connectivity index (χ3v) is 2.60. The summed E-state index contributed by atoms with van der Waals surface area (Å²) in [7, 11) is 1.62. The van der Waals surface area contributed by atoms with Crippen molar-refractivity contribution in [2.45, 2.75) is 6.92 Å². The van der Waals surface area contributed by atoms with Crippen LogP contribution in [-0.2, 0) is 0 Å². The lowest BCUT2D eigenvalue weighted by molar-refractivity contribution is -0.385. The number of aryl methyl sites for hydroxylation is 1. The number of hydrogen-bond donors (Lipinski definition) is 1. The molecule has 0 radical (unpaired) electrons. The molecule has 0 saturated heterocycles. The van der Waals surface area contributed by atoms with Gasteiger partial charge < -0.3 is 5.32 Å².